The van der Waals surface area contributed by atoms with Crippen molar-refractivity contribution in [3.63, 3.8) is 0 Å². The van der Waals surface area contributed by atoms with E-state index in [4.69, 9.17) is 11.6 Å². The van der Waals surface area contributed by atoms with E-state index in [0.717, 1.165) is 31.5 Å². The van der Waals surface area contributed by atoms with Crippen molar-refractivity contribution in [2.24, 2.45) is 0 Å². The van der Waals surface area contributed by atoms with Crippen molar-refractivity contribution in [2.45, 2.75) is 32.7 Å². The van der Waals surface area contributed by atoms with Crippen LogP contribution in [0.4, 0.5) is 5.69 Å². The summed E-state index contributed by atoms with van der Waals surface area (Å²) in [7, 11) is 0. The molecule has 0 saturated heterocycles. The van der Waals surface area contributed by atoms with Crippen LogP contribution in [0.1, 0.15) is 41.4 Å². The fourth-order valence-corrected chi connectivity index (χ4v) is 2.95. The molecule has 0 saturated carbocycles. The van der Waals surface area contributed by atoms with E-state index < -0.39 is 0 Å². The molecular formula is C16H18ClN3O. The Morgan fingerprint density at radius 2 is 2.33 bits per heavy atom. The number of aromatic nitrogens is 2. The molecule has 0 aliphatic carbocycles. The van der Waals surface area contributed by atoms with Gasteiger partial charge in [-0.15, -0.1) is 0 Å². The number of aryl methyl sites for hydroxylation is 2. The second-order valence-corrected chi connectivity index (χ2v) is 5.70. The number of nitrogens with one attached hydrogen (secondary N) is 1. The van der Waals surface area contributed by atoms with Gasteiger partial charge in [0, 0.05) is 24.3 Å². The highest BCUT2D eigenvalue weighted by atomic mass is 35.5. The van der Waals surface area contributed by atoms with Crippen LogP contribution < -0.4 is 5.32 Å². The van der Waals surface area contributed by atoms with Crippen LogP contribution in [0.15, 0.2) is 24.4 Å². The molecule has 3 rings (SSSR count). The first-order valence-electron chi connectivity index (χ1n) is 7.33. The second kappa shape index (κ2) is 5.90. The summed E-state index contributed by atoms with van der Waals surface area (Å²) in [5.74, 6) is -0.0562. The Morgan fingerprint density at radius 1 is 1.48 bits per heavy atom. The van der Waals surface area contributed by atoms with Crippen LogP contribution >= 0.6 is 11.6 Å². The number of nitrogens with zero attached hydrogens (tertiary/aromatic N) is 2. The van der Waals surface area contributed by atoms with Crippen LogP contribution in [0.25, 0.3) is 0 Å². The summed E-state index contributed by atoms with van der Waals surface area (Å²) in [5, 5.41) is 7.96. The highest BCUT2D eigenvalue weighted by Crippen LogP contribution is 2.26. The van der Waals surface area contributed by atoms with Gasteiger partial charge in [-0.2, -0.15) is 5.10 Å². The monoisotopic (exact) mass is 303 g/mol. The summed E-state index contributed by atoms with van der Waals surface area (Å²) in [5.41, 5.74) is 3.50. The van der Waals surface area contributed by atoms with Crippen molar-refractivity contribution in [2.75, 3.05) is 11.9 Å². The van der Waals surface area contributed by atoms with Crippen LogP contribution in [0, 0.1) is 0 Å². The average molecular weight is 304 g/mol. The van der Waals surface area contributed by atoms with E-state index in [-0.39, 0.29) is 5.78 Å². The summed E-state index contributed by atoms with van der Waals surface area (Å²) < 4.78 is 1.70. The molecule has 1 N–H and O–H groups in total. The fraction of sp³-hybridized carbons (Fsp3) is 0.375. The van der Waals surface area contributed by atoms with E-state index >= 15 is 0 Å². The number of benzene rings is 1. The number of carbonyl (C=O) groups excluding carboxylic acids is 1. The summed E-state index contributed by atoms with van der Waals surface area (Å²) in [6.07, 6.45) is 4.56. The number of hydrogen-bond donors (Lipinski definition) is 1. The Balaban J connectivity index is 1.97. The molecule has 1 aliphatic heterocycles. The molecule has 1 aromatic carbocycles. The van der Waals surface area contributed by atoms with E-state index in [1.54, 1.807) is 10.9 Å². The highest BCUT2D eigenvalue weighted by Gasteiger charge is 2.20. The van der Waals surface area contributed by atoms with E-state index in [0.29, 0.717) is 22.8 Å². The standard InChI is InChI=1S/C16H18ClN3O/c1-2-8-20-15(13(17)10-19-20)16(21)12-5-6-14-11(9-12)4-3-7-18-14/h5-6,9-10,18H,2-4,7-8H2,1H3. The summed E-state index contributed by atoms with van der Waals surface area (Å²) >= 11 is 6.15. The number of halogens is 1. The number of hydrogen-bond acceptors (Lipinski definition) is 3. The third-order valence-corrected chi connectivity index (χ3v) is 4.03. The van der Waals surface area contributed by atoms with Gasteiger partial charge in [0.15, 0.2) is 0 Å². The lowest BCUT2D eigenvalue weighted by Gasteiger charge is -2.18. The first-order valence-corrected chi connectivity index (χ1v) is 7.71. The minimum atomic E-state index is -0.0562. The molecule has 1 aromatic heterocycles. The Kier molecular flexibility index (Phi) is 3.97. The van der Waals surface area contributed by atoms with Crippen molar-refractivity contribution >= 4 is 23.1 Å². The zero-order chi connectivity index (χ0) is 14.8. The van der Waals surface area contributed by atoms with Gasteiger partial charge in [-0.05, 0) is 43.0 Å². The Labute approximate surface area is 129 Å². The van der Waals surface area contributed by atoms with E-state index in [9.17, 15) is 4.79 Å². The quantitative estimate of drug-likeness (QED) is 0.879. The van der Waals surface area contributed by atoms with Crippen LogP contribution in [0.5, 0.6) is 0 Å². The van der Waals surface area contributed by atoms with Crippen LogP contribution in [-0.2, 0) is 13.0 Å². The topological polar surface area (TPSA) is 46.9 Å². The molecule has 2 aromatic rings. The lowest BCUT2D eigenvalue weighted by Crippen LogP contribution is -2.15. The molecule has 4 nitrogen and oxygen atoms in total. The molecule has 0 atom stereocenters. The first-order chi connectivity index (χ1) is 10.2. The van der Waals surface area contributed by atoms with Crippen molar-refractivity contribution in [1.29, 1.82) is 0 Å². The zero-order valence-corrected chi connectivity index (χ0v) is 12.8. The molecule has 1 aliphatic rings. The minimum Gasteiger partial charge on any atom is -0.385 e. The second-order valence-electron chi connectivity index (χ2n) is 5.30. The predicted octanol–water partition coefficient (Wildman–Crippen LogP) is 3.54. The molecule has 0 bridgehead atoms. The van der Waals surface area contributed by atoms with Gasteiger partial charge in [-0.1, -0.05) is 18.5 Å². The van der Waals surface area contributed by atoms with E-state index in [2.05, 4.69) is 17.3 Å². The molecule has 110 valence electrons. The maximum atomic E-state index is 12.7. The third-order valence-electron chi connectivity index (χ3n) is 3.75. The van der Waals surface area contributed by atoms with Crippen LogP contribution in [-0.4, -0.2) is 22.1 Å². The van der Waals surface area contributed by atoms with Gasteiger partial charge >= 0.3 is 0 Å². The number of ketones is 1. The van der Waals surface area contributed by atoms with Crippen molar-refractivity contribution in [1.82, 2.24) is 9.78 Å². The number of carbonyl (C=O) groups is 1. The Bertz CT molecular complexity index is 678. The lowest BCUT2D eigenvalue weighted by molar-refractivity contribution is 0.102. The molecule has 0 spiro atoms. The Morgan fingerprint density at radius 3 is 3.14 bits per heavy atom. The smallest absolute Gasteiger partial charge is 0.212 e. The first kappa shape index (κ1) is 14.1. The Hall–Kier alpha value is -1.81. The van der Waals surface area contributed by atoms with Crippen LogP contribution in [0.2, 0.25) is 5.02 Å². The fourth-order valence-electron chi connectivity index (χ4n) is 2.72. The summed E-state index contributed by atoms with van der Waals surface area (Å²) in [4.78, 5) is 12.7. The van der Waals surface area contributed by atoms with Crippen LogP contribution in [0.3, 0.4) is 0 Å². The van der Waals surface area contributed by atoms with Crippen molar-refractivity contribution in [3.05, 3.63) is 46.2 Å². The highest BCUT2D eigenvalue weighted by molar-refractivity contribution is 6.34. The van der Waals surface area contributed by atoms with Gasteiger partial charge in [0.25, 0.3) is 0 Å². The van der Waals surface area contributed by atoms with Gasteiger partial charge < -0.3 is 5.32 Å². The normalized spacial score (nSPS) is 13.6. The number of anilines is 1. The average Bonchev–Trinajstić information content (AvgIpc) is 2.87. The predicted molar refractivity (Wildman–Crippen MR) is 84.2 cm³/mol. The zero-order valence-electron chi connectivity index (χ0n) is 12.0. The maximum Gasteiger partial charge on any atom is 0.212 e. The van der Waals surface area contributed by atoms with Gasteiger partial charge in [0.05, 0.1) is 11.2 Å². The molecule has 5 heteroatoms. The molecule has 0 fully saturated rings. The minimum absolute atomic E-state index is 0.0562. The van der Waals surface area contributed by atoms with Gasteiger partial charge in [0.1, 0.15) is 5.69 Å². The van der Waals surface area contributed by atoms with Crippen molar-refractivity contribution < 1.29 is 4.79 Å². The number of fused-ring (bicyclic) bond motifs is 1. The van der Waals surface area contributed by atoms with Gasteiger partial charge in [-0.3, -0.25) is 9.48 Å². The number of rotatable bonds is 4. The van der Waals surface area contributed by atoms with Crippen molar-refractivity contribution in [3.8, 4) is 0 Å². The lowest BCUT2D eigenvalue weighted by atomic mass is 9.98. The molecule has 0 radical (unpaired) electrons. The molecule has 21 heavy (non-hydrogen) atoms. The molecule has 2 heterocycles. The summed E-state index contributed by atoms with van der Waals surface area (Å²) in [6.45, 7) is 3.74. The van der Waals surface area contributed by atoms with Gasteiger partial charge in [-0.25, -0.2) is 0 Å². The summed E-state index contributed by atoms with van der Waals surface area (Å²) in [6, 6.07) is 5.82. The van der Waals surface area contributed by atoms with Gasteiger partial charge in [0.2, 0.25) is 5.78 Å². The molecular weight excluding hydrogens is 286 g/mol. The third kappa shape index (κ3) is 2.68. The molecule has 0 unspecified atom stereocenters. The van der Waals surface area contributed by atoms with E-state index in [1.165, 1.54) is 5.56 Å². The maximum absolute atomic E-state index is 12.7. The SMILES string of the molecule is CCCn1ncc(Cl)c1C(=O)c1ccc2c(c1)CCCN2. The largest absolute Gasteiger partial charge is 0.385 e. The molecule has 0 amide bonds. The van der Waals surface area contributed by atoms with E-state index in [1.807, 2.05) is 18.2 Å².